The Morgan fingerprint density at radius 1 is 1.10 bits per heavy atom. The minimum atomic E-state index is -0.665. The molecule has 3 aromatic rings. The Labute approximate surface area is 166 Å². The second-order valence-electron chi connectivity index (χ2n) is 6.02. The van der Waals surface area contributed by atoms with E-state index < -0.39 is 10.9 Å². The van der Waals surface area contributed by atoms with Gasteiger partial charge in [0.1, 0.15) is 17.0 Å². The van der Waals surface area contributed by atoms with Crippen molar-refractivity contribution in [3.63, 3.8) is 0 Å². The van der Waals surface area contributed by atoms with E-state index in [-0.39, 0.29) is 17.2 Å². The van der Waals surface area contributed by atoms with Crippen LogP contribution in [0.2, 0.25) is 0 Å². The predicted octanol–water partition coefficient (Wildman–Crippen LogP) is 4.26. The third-order valence-electron chi connectivity index (χ3n) is 4.11. The van der Waals surface area contributed by atoms with Gasteiger partial charge >= 0.3 is 11.7 Å². The van der Waals surface area contributed by atoms with Crippen molar-refractivity contribution < 1.29 is 23.9 Å². The molecule has 0 N–H and O–H groups in total. The fourth-order valence-electron chi connectivity index (χ4n) is 2.81. The van der Waals surface area contributed by atoms with Crippen molar-refractivity contribution in [3.8, 4) is 17.2 Å². The molecule has 1 heterocycles. The normalized spacial score (nSPS) is 10.9. The molecule has 0 amide bonds. The monoisotopic (exact) mass is 394 g/mol. The van der Waals surface area contributed by atoms with Gasteiger partial charge < -0.3 is 14.2 Å². The third-order valence-corrected chi connectivity index (χ3v) is 4.11. The molecule has 0 aliphatic carbocycles. The third kappa shape index (κ3) is 4.32. The number of carbonyl (C=O) groups excluding carboxylic acids is 1. The van der Waals surface area contributed by atoms with Crippen molar-refractivity contribution in [1.82, 2.24) is 4.98 Å². The van der Waals surface area contributed by atoms with Crippen LogP contribution in [0.5, 0.6) is 17.2 Å². The van der Waals surface area contributed by atoms with Crippen LogP contribution in [-0.4, -0.2) is 30.1 Å². The molecule has 3 rings (SSSR count). The molecule has 0 fully saturated rings. The lowest BCUT2D eigenvalue weighted by atomic mass is 10.1. The Bertz CT molecular complexity index is 1120. The van der Waals surface area contributed by atoms with Crippen LogP contribution in [-0.2, 0) is 4.79 Å². The summed E-state index contributed by atoms with van der Waals surface area (Å²) in [6, 6.07) is 12.1. The summed E-state index contributed by atoms with van der Waals surface area (Å²) < 4.78 is 15.6. The van der Waals surface area contributed by atoms with E-state index in [4.69, 9.17) is 14.2 Å². The SMILES string of the molecule is COc1cc(C=Cc2ccc3cccc(OC)c3n2)c(OC(C)=O)c([N+](=O)[O-])c1. The highest BCUT2D eigenvalue weighted by Crippen LogP contribution is 2.37. The van der Waals surface area contributed by atoms with E-state index in [0.29, 0.717) is 22.5 Å². The number of fused-ring (bicyclic) bond motifs is 1. The van der Waals surface area contributed by atoms with Crippen LogP contribution in [0.25, 0.3) is 23.1 Å². The molecule has 148 valence electrons. The number of aromatic nitrogens is 1. The molecule has 0 atom stereocenters. The largest absolute Gasteiger partial charge is 0.496 e. The van der Waals surface area contributed by atoms with Gasteiger partial charge in [-0.05, 0) is 30.4 Å². The zero-order valence-corrected chi connectivity index (χ0v) is 16.0. The minimum Gasteiger partial charge on any atom is -0.496 e. The Balaban J connectivity index is 2.09. The van der Waals surface area contributed by atoms with Crippen molar-refractivity contribution in [2.24, 2.45) is 0 Å². The van der Waals surface area contributed by atoms with Crippen molar-refractivity contribution in [2.45, 2.75) is 6.92 Å². The van der Waals surface area contributed by atoms with Gasteiger partial charge in [-0.15, -0.1) is 0 Å². The zero-order chi connectivity index (χ0) is 21.0. The molecule has 1 aromatic heterocycles. The van der Waals surface area contributed by atoms with E-state index in [9.17, 15) is 14.9 Å². The lowest BCUT2D eigenvalue weighted by molar-refractivity contribution is -0.385. The average Bonchev–Trinajstić information content (AvgIpc) is 2.71. The molecule has 2 aromatic carbocycles. The molecule has 0 saturated carbocycles. The van der Waals surface area contributed by atoms with Gasteiger partial charge in [-0.2, -0.15) is 0 Å². The topological polar surface area (TPSA) is 101 Å². The first kappa shape index (κ1) is 19.8. The number of pyridine rings is 1. The summed E-state index contributed by atoms with van der Waals surface area (Å²) in [6.07, 6.45) is 3.24. The number of carbonyl (C=O) groups is 1. The number of hydrogen-bond acceptors (Lipinski definition) is 7. The van der Waals surface area contributed by atoms with Crippen molar-refractivity contribution in [1.29, 1.82) is 0 Å². The van der Waals surface area contributed by atoms with Crippen LogP contribution in [0.15, 0.2) is 42.5 Å². The minimum absolute atomic E-state index is 0.155. The van der Waals surface area contributed by atoms with Crippen molar-refractivity contribution in [3.05, 3.63) is 63.8 Å². The van der Waals surface area contributed by atoms with E-state index in [2.05, 4.69) is 4.98 Å². The quantitative estimate of drug-likeness (QED) is 0.266. The first-order valence-electron chi connectivity index (χ1n) is 8.59. The molecule has 0 radical (unpaired) electrons. The lowest BCUT2D eigenvalue weighted by Gasteiger charge is -2.09. The number of esters is 1. The predicted molar refractivity (Wildman–Crippen MR) is 108 cm³/mol. The van der Waals surface area contributed by atoms with E-state index in [1.807, 2.05) is 24.3 Å². The van der Waals surface area contributed by atoms with Crippen LogP contribution in [0.1, 0.15) is 18.2 Å². The molecule has 0 saturated heterocycles. The first-order valence-corrected chi connectivity index (χ1v) is 8.59. The van der Waals surface area contributed by atoms with Crippen LogP contribution >= 0.6 is 0 Å². The van der Waals surface area contributed by atoms with Gasteiger partial charge in [0.05, 0.1) is 30.9 Å². The van der Waals surface area contributed by atoms with Gasteiger partial charge in [0, 0.05) is 17.9 Å². The molecule has 29 heavy (non-hydrogen) atoms. The fourth-order valence-corrected chi connectivity index (χ4v) is 2.81. The maximum atomic E-state index is 11.5. The Morgan fingerprint density at radius 3 is 2.55 bits per heavy atom. The van der Waals surface area contributed by atoms with Crippen LogP contribution in [0.4, 0.5) is 5.69 Å². The second-order valence-corrected chi connectivity index (χ2v) is 6.02. The smallest absolute Gasteiger partial charge is 0.316 e. The Morgan fingerprint density at radius 2 is 1.90 bits per heavy atom. The van der Waals surface area contributed by atoms with Crippen LogP contribution < -0.4 is 14.2 Å². The molecule has 8 nitrogen and oxygen atoms in total. The molecule has 0 aliphatic heterocycles. The van der Waals surface area contributed by atoms with Crippen LogP contribution in [0, 0.1) is 10.1 Å². The second kappa shape index (κ2) is 8.39. The maximum Gasteiger partial charge on any atom is 0.316 e. The molecule has 0 spiro atoms. The molecular weight excluding hydrogens is 376 g/mol. The summed E-state index contributed by atoms with van der Waals surface area (Å²) in [4.78, 5) is 26.8. The highest BCUT2D eigenvalue weighted by Gasteiger charge is 2.22. The number of nitro benzene ring substituents is 1. The Kier molecular flexibility index (Phi) is 5.73. The fraction of sp³-hybridized carbons (Fsp3) is 0.143. The highest BCUT2D eigenvalue weighted by molar-refractivity contribution is 5.86. The number of methoxy groups -OCH3 is 2. The summed E-state index contributed by atoms with van der Waals surface area (Å²) in [5.74, 6) is 0.0789. The zero-order valence-electron chi connectivity index (χ0n) is 16.0. The molecule has 0 unspecified atom stereocenters. The van der Waals surface area contributed by atoms with Gasteiger partial charge in [-0.3, -0.25) is 14.9 Å². The average molecular weight is 394 g/mol. The van der Waals surface area contributed by atoms with E-state index in [1.165, 1.54) is 20.1 Å². The first-order chi connectivity index (χ1) is 13.9. The van der Waals surface area contributed by atoms with Gasteiger partial charge in [0.2, 0.25) is 5.75 Å². The van der Waals surface area contributed by atoms with Gasteiger partial charge in [0.15, 0.2) is 0 Å². The van der Waals surface area contributed by atoms with Gasteiger partial charge in [-0.1, -0.05) is 18.2 Å². The van der Waals surface area contributed by atoms with Crippen molar-refractivity contribution in [2.75, 3.05) is 14.2 Å². The molecular formula is C21H18N2O6. The number of benzene rings is 2. The number of nitro groups is 1. The van der Waals surface area contributed by atoms with Gasteiger partial charge in [-0.25, -0.2) is 4.98 Å². The number of hydrogen-bond donors (Lipinski definition) is 0. The standard InChI is InChI=1S/C21H18N2O6/c1-13(24)29-21-15(11-17(27-2)12-18(21)23(25)26)8-10-16-9-7-14-5-4-6-19(28-3)20(14)22-16/h4-12H,1-3H3. The van der Waals surface area contributed by atoms with Crippen molar-refractivity contribution >= 4 is 34.7 Å². The van der Waals surface area contributed by atoms with E-state index >= 15 is 0 Å². The summed E-state index contributed by atoms with van der Waals surface area (Å²) in [5.41, 5.74) is 1.23. The van der Waals surface area contributed by atoms with E-state index in [1.54, 1.807) is 31.4 Å². The number of ether oxygens (including phenoxy) is 3. The molecule has 0 bridgehead atoms. The Hall–Kier alpha value is -3.94. The molecule has 8 heteroatoms. The molecule has 0 aliphatic rings. The highest BCUT2D eigenvalue weighted by atomic mass is 16.6. The summed E-state index contributed by atoms with van der Waals surface area (Å²) >= 11 is 0. The summed E-state index contributed by atoms with van der Waals surface area (Å²) in [7, 11) is 2.97. The number of nitrogens with zero attached hydrogens (tertiary/aromatic N) is 2. The van der Waals surface area contributed by atoms with Crippen LogP contribution in [0.3, 0.4) is 0 Å². The number of rotatable bonds is 6. The van der Waals surface area contributed by atoms with Gasteiger partial charge in [0.25, 0.3) is 0 Å². The number of para-hydroxylation sites is 1. The summed E-state index contributed by atoms with van der Waals surface area (Å²) in [6.45, 7) is 1.18. The lowest BCUT2D eigenvalue weighted by Crippen LogP contribution is -2.06. The maximum absolute atomic E-state index is 11.5. The summed E-state index contributed by atoms with van der Waals surface area (Å²) in [5, 5.41) is 12.3. The van der Waals surface area contributed by atoms with E-state index in [0.717, 1.165) is 5.39 Å².